The van der Waals surface area contributed by atoms with Gasteiger partial charge in [-0.15, -0.1) is 0 Å². The van der Waals surface area contributed by atoms with Gasteiger partial charge < -0.3 is 9.84 Å². The minimum absolute atomic E-state index is 0.0511. The average Bonchev–Trinajstić information content (AvgIpc) is 1.69. The van der Waals surface area contributed by atoms with E-state index in [-0.39, 0.29) is 13.3 Å². The van der Waals surface area contributed by atoms with Crippen molar-refractivity contribution in [3.63, 3.8) is 0 Å². The molecule has 0 spiro atoms. The van der Waals surface area contributed by atoms with Crippen molar-refractivity contribution in [1.82, 2.24) is 0 Å². The molecular weight excluding hydrogens is 94.0 g/mol. The van der Waals surface area contributed by atoms with Gasteiger partial charge in [-0.3, -0.25) is 4.99 Å². The summed E-state index contributed by atoms with van der Waals surface area (Å²) in [4.78, 5) is 3.39. The second-order valence-corrected chi connectivity index (χ2v) is 0.985. The van der Waals surface area contributed by atoms with E-state index in [1.807, 2.05) is 0 Å². The third kappa shape index (κ3) is 5.59. The first-order valence-electron chi connectivity index (χ1n) is 2.03. The van der Waals surface area contributed by atoms with Crippen LogP contribution in [0.15, 0.2) is 4.99 Å². The summed E-state index contributed by atoms with van der Waals surface area (Å²) in [6.07, 6.45) is 0. The molecule has 0 radical (unpaired) electrons. The van der Waals surface area contributed by atoms with Crippen LogP contribution in [0.3, 0.4) is 0 Å². The highest BCUT2D eigenvalue weighted by Gasteiger charge is 1.76. The third-order valence-electron chi connectivity index (χ3n) is 0.418. The van der Waals surface area contributed by atoms with E-state index < -0.39 is 0 Å². The van der Waals surface area contributed by atoms with Crippen LogP contribution in [-0.4, -0.2) is 31.8 Å². The molecule has 0 bridgehead atoms. The zero-order chi connectivity index (χ0) is 5.54. The van der Waals surface area contributed by atoms with E-state index in [1.165, 1.54) is 0 Å². The molecule has 1 N–H and O–H groups in total. The zero-order valence-electron chi connectivity index (χ0n) is 4.13. The van der Waals surface area contributed by atoms with Crippen LogP contribution in [-0.2, 0) is 4.74 Å². The van der Waals surface area contributed by atoms with E-state index in [4.69, 9.17) is 5.11 Å². The van der Waals surface area contributed by atoms with Crippen LogP contribution in [0, 0.1) is 0 Å². The molecule has 0 aliphatic heterocycles. The highest BCUT2D eigenvalue weighted by molar-refractivity contribution is 5.22. The molecule has 7 heavy (non-hydrogen) atoms. The molecule has 0 aliphatic carbocycles. The Labute approximate surface area is 42.6 Å². The van der Waals surface area contributed by atoms with Gasteiger partial charge in [0.05, 0.1) is 13.2 Å². The molecular formula is C4H9NO2. The fourth-order valence-electron chi connectivity index (χ4n) is 0.194. The molecule has 3 nitrogen and oxygen atoms in total. The van der Waals surface area contributed by atoms with E-state index in [2.05, 4.69) is 16.4 Å². The monoisotopic (exact) mass is 103 g/mol. The lowest BCUT2D eigenvalue weighted by atomic mass is 10.8. The van der Waals surface area contributed by atoms with Crippen molar-refractivity contribution >= 4 is 6.72 Å². The Balaban J connectivity index is 2.56. The lowest BCUT2D eigenvalue weighted by Crippen LogP contribution is -1.97. The molecule has 0 aliphatic rings. The summed E-state index contributed by atoms with van der Waals surface area (Å²) < 4.78 is 4.65. The second kappa shape index (κ2) is 5.59. The molecule has 0 aromatic rings. The molecule has 0 unspecified atom stereocenters. The van der Waals surface area contributed by atoms with Gasteiger partial charge in [-0.05, 0) is 6.72 Å². The van der Waals surface area contributed by atoms with E-state index in [0.717, 1.165) is 0 Å². The van der Waals surface area contributed by atoms with Gasteiger partial charge in [-0.1, -0.05) is 0 Å². The molecule has 0 saturated carbocycles. The van der Waals surface area contributed by atoms with Crippen molar-refractivity contribution in [2.75, 3.05) is 19.9 Å². The van der Waals surface area contributed by atoms with Crippen LogP contribution in [0.25, 0.3) is 0 Å². The minimum Gasteiger partial charge on any atom is -0.394 e. The maximum Gasteiger partial charge on any atom is 0.136 e. The van der Waals surface area contributed by atoms with Crippen LogP contribution in [0.4, 0.5) is 0 Å². The largest absolute Gasteiger partial charge is 0.394 e. The predicted octanol–water partition coefficient (Wildman–Crippen LogP) is -0.347. The number of aliphatic imine (C=N–C) groups is 1. The average molecular weight is 103 g/mol. The quantitative estimate of drug-likeness (QED) is 0.390. The second-order valence-electron chi connectivity index (χ2n) is 0.985. The van der Waals surface area contributed by atoms with Crippen LogP contribution in [0.5, 0.6) is 0 Å². The third-order valence-corrected chi connectivity index (χ3v) is 0.418. The Kier molecular flexibility index (Phi) is 5.26. The first kappa shape index (κ1) is 6.59. The number of aliphatic hydroxyl groups is 1. The Morgan fingerprint density at radius 2 is 2.43 bits per heavy atom. The van der Waals surface area contributed by atoms with Crippen LogP contribution in [0.2, 0.25) is 0 Å². The first-order valence-corrected chi connectivity index (χ1v) is 2.03. The Morgan fingerprint density at radius 1 is 1.71 bits per heavy atom. The van der Waals surface area contributed by atoms with Gasteiger partial charge in [0, 0.05) is 0 Å². The molecule has 42 valence electrons. The van der Waals surface area contributed by atoms with Crippen molar-refractivity contribution in [2.24, 2.45) is 4.99 Å². The summed E-state index contributed by atoms with van der Waals surface area (Å²) in [5.74, 6) is 0. The maximum absolute atomic E-state index is 8.11. The molecule has 0 heterocycles. The van der Waals surface area contributed by atoms with Gasteiger partial charge in [0.25, 0.3) is 0 Å². The van der Waals surface area contributed by atoms with Crippen molar-refractivity contribution < 1.29 is 9.84 Å². The highest BCUT2D eigenvalue weighted by atomic mass is 16.5. The molecule has 0 aromatic heterocycles. The Bertz CT molecular complexity index is 47.0. The van der Waals surface area contributed by atoms with E-state index >= 15 is 0 Å². The summed E-state index contributed by atoms with van der Waals surface area (Å²) in [7, 11) is 0. The number of rotatable bonds is 4. The van der Waals surface area contributed by atoms with Crippen molar-refractivity contribution in [2.45, 2.75) is 0 Å². The smallest absolute Gasteiger partial charge is 0.136 e. The maximum atomic E-state index is 8.11. The molecule has 0 amide bonds. The van der Waals surface area contributed by atoms with Gasteiger partial charge in [0.2, 0.25) is 0 Å². The van der Waals surface area contributed by atoms with Crippen molar-refractivity contribution in [3.05, 3.63) is 0 Å². The van der Waals surface area contributed by atoms with Gasteiger partial charge in [-0.2, -0.15) is 0 Å². The normalized spacial score (nSPS) is 8.71. The summed E-state index contributed by atoms with van der Waals surface area (Å²) in [6.45, 7) is 3.85. The fourth-order valence-corrected chi connectivity index (χ4v) is 0.194. The van der Waals surface area contributed by atoms with E-state index in [9.17, 15) is 0 Å². The minimum atomic E-state index is 0.0511. The van der Waals surface area contributed by atoms with Crippen molar-refractivity contribution in [3.8, 4) is 0 Å². The summed E-state index contributed by atoms with van der Waals surface area (Å²) in [5.41, 5.74) is 0. The SMILES string of the molecule is C=NCOCCO. The van der Waals surface area contributed by atoms with Crippen LogP contribution < -0.4 is 0 Å². The zero-order valence-corrected chi connectivity index (χ0v) is 4.13. The summed E-state index contributed by atoms with van der Waals surface area (Å²) in [5, 5.41) is 8.11. The fraction of sp³-hybridized carbons (Fsp3) is 0.750. The standard InChI is InChI=1S/C4H9NO2/c1-5-4-7-3-2-6/h6H,1-4H2. The van der Waals surface area contributed by atoms with Crippen LogP contribution in [0.1, 0.15) is 0 Å². The topological polar surface area (TPSA) is 41.8 Å². The molecule has 3 heteroatoms. The molecule has 0 rings (SSSR count). The summed E-state index contributed by atoms with van der Waals surface area (Å²) >= 11 is 0. The van der Waals surface area contributed by atoms with Gasteiger partial charge in [0.15, 0.2) is 0 Å². The Morgan fingerprint density at radius 3 is 2.86 bits per heavy atom. The number of ether oxygens (including phenoxy) is 1. The molecule has 0 fully saturated rings. The first-order chi connectivity index (χ1) is 3.41. The van der Waals surface area contributed by atoms with Gasteiger partial charge in [0.1, 0.15) is 6.73 Å². The number of aliphatic hydroxyl groups excluding tert-OH is 1. The number of hydrogen-bond donors (Lipinski definition) is 1. The predicted molar refractivity (Wildman–Crippen MR) is 27.5 cm³/mol. The Hall–Kier alpha value is -0.410. The number of nitrogens with zero attached hydrogens (tertiary/aromatic N) is 1. The molecule has 0 aromatic carbocycles. The number of hydrogen-bond acceptors (Lipinski definition) is 3. The summed E-state index contributed by atoms with van der Waals surface area (Å²) in [6, 6.07) is 0. The van der Waals surface area contributed by atoms with Crippen molar-refractivity contribution in [1.29, 1.82) is 0 Å². The lowest BCUT2D eigenvalue weighted by Gasteiger charge is -1.92. The van der Waals surface area contributed by atoms with E-state index in [0.29, 0.717) is 6.61 Å². The van der Waals surface area contributed by atoms with Gasteiger partial charge >= 0.3 is 0 Å². The van der Waals surface area contributed by atoms with Crippen LogP contribution >= 0.6 is 0 Å². The van der Waals surface area contributed by atoms with Gasteiger partial charge in [-0.25, -0.2) is 0 Å². The highest BCUT2D eigenvalue weighted by Crippen LogP contribution is 1.70. The van der Waals surface area contributed by atoms with E-state index in [1.54, 1.807) is 0 Å². The molecule has 0 atom stereocenters. The lowest BCUT2D eigenvalue weighted by molar-refractivity contribution is 0.0983. The molecule has 0 saturated heterocycles.